The summed E-state index contributed by atoms with van der Waals surface area (Å²) in [6, 6.07) is 8.30. The summed E-state index contributed by atoms with van der Waals surface area (Å²) in [5.41, 5.74) is 4.76. The first-order chi connectivity index (χ1) is 9.81. The molecule has 0 unspecified atom stereocenters. The van der Waals surface area contributed by atoms with E-state index in [9.17, 15) is 0 Å². The quantitative estimate of drug-likeness (QED) is 0.926. The minimum Gasteiger partial charge on any atom is -0.497 e. The van der Waals surface area contributed by atoms with Crippen molar-refractivity contribution in [2.75, 3.05) is 19.0 Å². The average Bonchev–Trinajstić information content (AvgIpc) is 2.51. The van der Waals surface area contributed by atoms with Crippen molar-refractivity contribution in [1.82, 2.24) is 10.2 Å². The Morgan fingerprint density at radius 1 is 1.15 bits per heavy atom. The lowest BCUT2D eigenvalue weighted by Crippen LogP contribution is -2.10. The van der Waals surface area contributed by atoms with Crippen molar-refractivity contribution in [3.05, 3.63) is 35.4 Å². The number of anilines is 1. The molecule has 0 saturated heterocycles. The maximum absolute atomic E-state index is 5.29. The molecule has 20 heavy (non-hydrogen) atoms. The van der Waals surface area contributed by atoms with Crippen LogP contribution >= 0.6 is 0 Å². The molecule has 4 nitrogen and oxygen atoms in total. The van der Waals surface area contributed by atoms with E-state index >= 15 is 0 Å². The Balaban J connectivity index is 1.96. The third-order valence-electron chi connectivity index (χ3n) is 3.66. The standard InChI is InChI=1S/C16H19N3O/c1-3-8-17-15-10-12-5-4-11-9-13(20-2)6-7-14(11)16(12)19-18-15/h6-7,9-10H,3-5,8H2,1-2H3,(H,17,18). The highest BCUT2D eigenvalue weighted by Gasteiger charge is 2.19. The summed E-state index contributed by atoms with van der Waals surface area (Å²) in [4.78, 5) is 0. The molecule has 1 aromatic heterocycles. The molecule has 1 N–H and O–H groups in total. The summed E-state index contributed by atoms with van der Waals surface area (Å²) >= 11 is 0. The van der Waals surface area contributed by atoms with Gasteiger partial charge in [0, 0.05) is 12.1 Å². The fourth-order valence-corrected chi connectivity index (χ4v) is 2.59. The average molecular weight is 269 g/mol. The summed E-state index contributed by atoms with van der Waals surface area (Å²) in [5.74, 6) is 1.78. The molecule has 0 aliphatic heterocycles. The second-order valence-corrected chi connectivity index (χ2v) is 5.05. The molecule has 4 heteroatoms. The minimum absolute atomic E-state index is 0.877. The lowest BCUT2D eigenvalue weighted by molar-refractivity contribution is 0.414. The van der Waals surface area contributed by atoms with Crippen LogP contribution in [0.25, 0.3) is 11.3 Å². The van der Waals surface area contributed by atoms with Crippen molar-refractivity contribution < 1.29 is 4.74 Å². The van der Waals surface area contributed by atoms with Gasteiger partial charge in [0.05, 0.1) is 12.8 Å². The second-order valence-electron chi connectivity index (χ2n) is 5.05. The first-order valence-electron chi connectivity index (χ1n) is 7.09. The van der Waals surface area contributed by atoms with Gasteiger partial charge in [0.2, 0.25) is 0 Å². The number of fused-ring (bicyclic) bond motifs is 3. The van der Waals surface area contributed by atoms with Gasteiger partial charge in [-0.05, 0) is 54.7 Å². The first-order valence-corrected chi connectivity index (χ1v) is 7.09. The summed E-state index contributed by atoms with van der Waals surface area (Å²) in [5, 5.41) is 12.0. The third kappa shape index (κ3) is 2.33. The molecule has 1 aliphatic carbocycles. The minimum atomic E-state index is 0.877. The number of ether oxygens (including phenoxy) is 1. The van der Waals surface area contributed by atoms with E-state index in [1.165, 1.54) is 16.7 Å². The molecule has 1 aromatic carbocycles. The number of methoxy groups -OCH3 is 1. The van der Waals surface area contributed by atoms with Crippen LogP contribution in [0.2, 0.25) is 0 Å². The van der Waals surface area contributed by atoms with E-state index in [1.54, 1.807) is 7.11 Å². The van der Waals surface area contributed by atoms with Gasteiger partial charge in [0.1, 0.15) is 11.6 Å². The Morgan fingerprint density at radius 2 is 2.00 bits per heavy atom. The maximum Gasteiger partial charge on any atom is 0.148 e. The fourth-order valence-electron chi connectivity index (χ4n) is 2.59. The number of aromatic nitrogens is 2. The maximum atomic E-state index is 5.29. The molecular weight excluding hydrogens is 250 g/mol. The second kappa shape index (κ2) is 5.49. The molecule has 3 rings (SSSR count). The number of hydrogen-bond donors (Lipinski definition) is 1. The van der Waals surface area contributed by atoms with Gasteiger partial charge in [-0.1, -0.05) is 6.92 Å². The first kappa shape index (κ1) is 12.9. The summed E-state index contributed by atoms with van der Waals surface area (Å²) in [6.07, 6.45) is 3.12. The smallest absolute Gasteiger partial charge is 0.148 e. The van der Waals surface area contributed by atoms with Gasteiger partial charge in [-0.3, -0.25) is 0 Å². The van der Waals surface area contributed by atoms with Crippen LogP contribution < -0.4 is 10.1 Å². The van der Waals surface area contributed by atoms with Crippen LogP contribution in [0.5, 0.6) is 5.75 Å². The Bertz CT molecular complexity index is 625. The van der Waals surface area contributed by atoms with E-state index in [4.69, 9.17) is 4.74 Å². The molecule has 0 amide bonds. The van der Waals surface area contributed by atoms with Crippen molar-refractivity contribution >= 4 is 5.82 Å². The highest BCUT2D eigenvalue weighted by molar-refractivity contribution is 5.71. The van der Waals surface area contributed by atoms with E-state index < -0.39 is 0 Å². The van der Waals surface area contributed by atoms with Crippen LogP contribution in [-0.4, -0.2) is 23.9 Å². The number of rotatable bonds is 4. The van der Waals surface area contributed by atoms with Crippen molar-refractivity contribution in [1.29, 1.82) is 0 Å². The number of benzene rings is 1. The van der Waals surface area contributed by atoms with Gasteiger partial charge in [0.15, 0.2) is 0 Å². The lowest BCUT2D eigenvalue weighted by atomic mass is 9.89. The SMILES string of the molecule is CCCNc1cc2c(nn1)-c1ccc(OC)cc1CC2. The van der Waals surface area contributed by atoms with Crippen LogP contribution in [0.4, 0.5) is 5.82 Å². The van der Waals surface area contributed by atoms with Crippen LogP contribution in [0.1, 0.15) is 24.5 Å². The molecule has 2 aromatic rings. The summed E-state index contributed by atoms with van der Waals surface area (Å²) in [7, 11) is 1.70. The molecule has 0 atom stereocenters. The van der Waals surface area contributed by atoms with Crippen LogP contribution in [0.15, 0.2) is 24.3 Å². The van der Waals surface area contributed by atoms with E-state index in [0.29, 0.717) is 0 Å². The molecule has 0 fully saturated rings. The third-order valence-corrected chi connectivity index (χ3v) is 3.66. The van der Waals surface area contributed by atoms with E-state index in [2.05, 4.69) is 40.6 Å². The summed E-state index contributed by atoms with van der Waals surface area (Å²) in [6.45, 7) is 3.07. The molecular formula is C16H19N3O. The molecule has 0 saturated carbocycles. The van der Waals surface area contributed by atoms with Gasteiger partial charge in [-0.25, -0.2) is 0 Å². The highest BCUT2D eigenvalue weighted by atomic mass is 16.5. The molecule has 1 aliphatic rings. The van der Waals surface area contributed by atoms with E-state index in [-0.39, 0.29) is 0 Å². The van der Waals surface area contributed by atoms with E-state index in [0.717, 1.165) is 43.1 Å². The molecule has 0 spiro atoms. The van der Waals surface area contributed by atoms with Crippen molar-refractivity contribution in [3.63, 3.8) is 0 Å². The van der Waals surface area contributed by atoms with Gasteiger partial charge < -0.3 is 10.1 Å². The van der Waals surface area contributed by atoms with Gasteiger partial charge in [-0.2, -0.15) is 0 Å². The number of nitrogens with zero attached hydrogens (tertiary/aromatic N) is 2. The Hall–Kier alpha value is -2.10. The number of aryl methyl sites for hydroxylation is 2. The van der Waals surface area contributed by atoms with Gasteiger partial charge in [-0.15, -0.1) is 10.2 Å². The monoisotopic (exact) mass is 269 g/mol. The zero-order valence-corrected chi connectivity index (χ0v) is 11.9. The van der Waals surface area contributed by atoms with Crippen LogP contribution in [0.3, 0.4) is 0 Å². The molecule has 1 heterocycles. The number of hydrogen-bond acceptors (Lipinski definition) is 4. The largest absolute Gasteiger partial charge is 0.497 e. The molecule has 0 bridgehead atoms. The lowest BCUT2D eigenvalue weighted by Gasteiger charge is -2.19. The Labute approximate surface area is 119 Å². The number of nitrogens with one attached hydrogen (secondary N) is 1. The predicted molar refractivity (Wildman–Crippen MR) is 80.2 cm³/mol. The Morgan fingerprint density at radius 3 is 2.80 bits per heavy atom. The Kier molecular flexibility index (Phi) is 3.54. The van der Waals surface area contributed by atoms with Gasteiger partial charge >= 0.3 is 0 Å². The van der Waals surface area contributed by atoms with Gasteiger partial charge in [0.25, 0.3) is 0 Å². The van der Waals surface area contributed by atoms with Crippen molar-refractivity contribution in [2.24, 2.45) is 0 Å². The predicted octanol–water partition coefficient (Wildman–Crippen LogP) is 3.07. The fraction of sp³-hybridized carbons (Fsp3) is 0.375. The normalized spacial score (nSPS) is 12.5. The van der Waals surface area contributed by atoms with Crippen LogP contribution in [0, 0.1) is 0 Å². The zero-order chi connectivity index (χ0) is 13.9. The summed E-state index contributed by atoms with van der Waals surface area (Å²) < 4.78 is 5.29. The topological polar surface area (TPSA) is 47.0 Å². The molecule has 104 valence electrons. The van der Waals surface area contributed by atoms with Crippen molar-refractivity contribution in [3.8, 4) is 17.0 Å². The van der Waals surface area contributed by atoms with Crippen molar-refractivity contribution in [2.45, 2.75) is 26.2 Å². The van der Waals surface area contributed by atoms with Crippen LogP contribution in [-0.2, 0) is 12.8 Å². The zero-order valence-electron chi connectivity index (χ0n) is 11.9. The molecule has 0 radical (unpaired) electrons. The highest BCUT2D eigenvalue weighted by Crippen LogP contribution is 2.34. The van der Waals surface area contributed by atoms with E-state index in [1.807, 2.05) is 6.07 Å².